The second-order valence-electron chi connectivity index (χ2n) is 4.86. The molecule has 9 heteroatoms. The lowest BCUT2D eigenvalue weighted by atomic mass is 10.2. The number of anilines is 1. The molecule has 20 heavy (non-hydrogen) atoms. The highest BCUT2D eigenvalue weighted by Crippen LogP contribution is 2.32. The minimum atomic E-state index is -4.06. The first kappa shape index (κ1) is 14.7. The van der Waals surface area contributed by atoms with Crippen LogP contribution in [0.4, 0.5) is 15.8 Å². The van der Waals surface area contributed by atoms with Crippen LogP contribution in [0.3, 0.4) is 0 Å². The number of hydrogen-bond donors (Lipinski definition) is 1. The van der Waals surface area contributed by atoms with E-state index in [1.165, 1.54) is 0 Å². The second-order valence-corrected chi connectivity index (χ2v) is 6.73. The van der Waals surface area contributed by atoms with E-state index in [0.717, 1.165) is 10.4 Å². The maximum absolute atomic E-state index is 13.9. The molecule has 0 bridgehead atoms. The van der Waals surface area contributed by atoms with E-state index in [0.29, 0.717) is 19.0 Å². The first-order valence-electron chi connectivity index (χ1n) is 5.97. The van der Waals surface area contributed by atoms with Gasteiger partial charge >= 0.3 is 0 Å². The summed E-state index contributed by atoms with van der Waals surface area (Å²) in [6, 6.07) is 1.43. The van der Waals surface area contributed by atoms with E-state index in [2.05, 4.69) is 0 Å². The molecule has 1 aliphatic heterocycles. The summed E-state index contributed by atoms with van der Waals surface area (Å²) in [5.41, 5.74) is 4.47. The van der Waals surface area contributed by atoms with Crippen LogP contribution in [0.25, 0.3) is 0 Å². The summed E-state index contributed by atoms with van der Waals surface area (Å²) < 4.78 is 39.8. The van der Waals surface area contributed by atoms with Gasteiger partial charge in [0.25, 0.3) is 5.69 Å². The zero-order valence-corrected chi connectivity index (χ0v) is 11.6. The van der Waals surface area contributed by atoms with Crippen LogP contribution in [-0.2, 0) is 10.0 Å². The molecule has 0 aliphatic carbocycles. The Balaban J connectivity index is 2.50. The van der Waals surface area contributed by atoms with Crippen molar-refractivity contribution in [3.63, 3.8) is 0 Å². The number of nitro groups is 1. The summed E-state index contributed by atoms with van der Waals surface area (Å²) in [6.07, 6.45) is 0.688. The molecule has 7 nitrogen and oxygen atoms in total. The Morgan fingerprint density at radius 2 is 2.15 bits per heavy atom. The van der Waals surface area contributed by atoms with Crippen molar-refractivity contribution in [1.29, 1.82) is 0 Å². The van der Waals surface area contributed by atoms with Crippen molar-refractivity contribution in [2.75, 3.05) is 18.8 Å². The lowest BCUT2D eigenvalue weighted by Crippen LogP contribution is -2.30. The van der Waals surface area contributed by atoms with Crippen LogP contribution in [0.15, 0.2) is 17.0 Å². The van der Waals surface area contributed by atoms with Gasteiger partial charge in [-0.3, -0.25) is 10.1 Å². The summed E-state index contributed by atoms with van der Waals surface area (Å²) in [6.45, 7) is 2.47. The number of non-ortho nitro benzene ring substituents is 1. The van der Waals surface area contributed by atoms with E-state index in [1.54, 1.807) is 0 Å². The molecule has 0 spiro atoms. The topological polar surface area (TPSA) is 107 Å². The molecule has 1 saturated heterocycles. The third kappa shape index (κ3) is 2.46. The Morgan fingerprint density at radius 1 is 1.50 bits per heavy atom. The van der Waals surface area contributed by atoms with Gasteiger partial charge in [0.15, 0.2) is 5.82 Å². The number of nitrogen functional groups attached to an aromatic ring is 1. The predicted octanol–water partition coefficient (Wildman–Crippen LogP) is 1.35. The number of rotatable bonds is 3. The number of nitro benzene ring substituents is 1. The van der Waals surface area contributed by atoms with Crippen molar-refractivity contribution in [3.8, 4) is 0 Å². The first-order chi connectivity index (χ1) is 9.23. The molecule has 1 unspecified atom stereocenters. The average molecular weight is 303 g/mol. The van der Waals surface area contributed by atoms with Crippen molar-refractivity contribution < 1.29 is 17.7 Å². The van der Waals surface area contributed by atoms with E-state index in [4.69, 9.17) is 5.73 Å². The van der Waals surface area contributed by atoms with Gasteiger partial charge in [0, 0.05) is 19.2 Å². The van der Waals surface area contributed by atoms with Crippen LogP contribution >= 0.6 is 0 Å². The van der Waals surface area contributed by atoms with Crippen molar-refractivity contribution in [3.05, 3.63) is 28.1 Å². The molecule has 1 aromatic carbocycles. The minimum absolute atomic E-state index is 0.187. The van der Waals surface area contributed by atoms with Gasteiger partial charge in [0.05, 0.1) is 16.7 Å². The van der Waals surface area contributed by atoms with Crippen LogP contribution in [0.2, 0.25) is 0 Å². The fourth-order valence-electron chi connectivity index (χ4n) is 2.22. The summed E-state index contributed by atoms with van der Waals surface area (Å²) in [4.78, 5) is 9.08. The number of nitrogens with zero attached hydrogens (tertiary/aromatic N) is 2. The fraction of sp³-hybridized carbons (Fsp3) is 0.455. The standard InChI is InChI=1S/C11H14FN3O4S/c1-7-2-3-14(6-7)20(18,19)11-9(12)4-8(15(16)17)5-10(11)13/h4-5,7H,2-3,6,13H2,1H3. The number of sulfonamides is 1. The molecule has 0 aromatic heterocycles. The van der Waals surface area contributed by atoms with E-state index >= 15 is 0 Å². The molecule has 1 fully saturated rings. The Kier molecular flexibility index (Phi) is 3.65. The van der Waals surface area contributed by atoms with Crippen LogP contribution in [-0.4, -0.2) is 30.7 Å². The number of hydrogen-bond acceptors (Lipinski definition) is 5. The quantitative estimate of drug-likeness (QED) is 0.515. The molecular weight excluding hydrogens is 289 g/mol. The third-order valence-corrected chi connectivity index (χ3v) is 5.21. The zero-order chi connectivity index (χ0) is 15.1. The lowest BCUT2D eigenvalue weighted by Gasteiger charge is -2.17. The highest BCUT2D eigenvalue weighted by atomic mass is 32.2. The van der Waals surface area contributed by atoms with Gasteiger partial charge in [-0.15, -0.1) is 0 Å². The van der Waals surface area contributed by atoms with Gasteiger partial charge in [-0.25, -0.2) is 12.8 Å². The van der Waals surface area contributed by atoms with Crippen molar-refractivity contribution >= 4 is 21.4 Å². The Labute approximate surface area is 115 Å². The normalized spacial score (nSPS) is 20.2. The second kappa shape index (κ2) is 4.98. The molecule has 0 saturated carbocycles. The Bertz CT molecular complexity index is 639. The molecule has 1 aliphatic rings. The molecule has 0 amide bonds. The SMILES string of the molecule is CC1CCN(S(=O)(=O)c2c(N)cc([N+](=O)[O-])cc2F)C1. The van der Waals surface area contributed by atoms with Crippen LogP contribution in [0.1, 0.15) is 13.3 Å². The van der Waals surface area contributed by atoms with Crippen molar-refractivity contribution in [2.45, 2.75) is 18.2 Å². The maximum Gasteiger partial charge on any atom is 0.274 e. The number of nitrogens with two attached hydrogens (primary N) is 1. The van der Waals surface area contributed by atoms with E-state index < -0.39 is 37.0 Å². The zero-order valence-electron chi connectivity index (χ0n) is 10.7. The molecule has 1 heterocycles. The van der Waals surface area contributed by atoms with Gasteiger partial charge in [0.2, 0.25) is 10.0 Å². The molecule has 2 rings (SSSR count). The third-order valence-electron chi connectivity index (χ3n) is 3.25. The van der Waals surface area contributed by atoms with Crippen LogP contribution in [0.5, 0.6) is 0 Å². The highest BCUT2D eigenvalue weighted by molar-refractivity contribution is 7.89. The van der Waals surface area contributed by atoms with Gasteiger partial charge in [-0.1, -0.05) is 6.92 Å². The fourth-order valence-corrected chi connectivity index (χ4v) is 3.94. The van der Waals surface area contributed by atoms with Gasteiger partial charge in [-0.2, -0.15) is 4.31 Å². The molecule has 2 N–H and O–H groups in total. The minimum Gasteiger partial charge on any atom is -0.397 e. The van der Waals surface area contributed by atoms with Gasteiger partial charge in [-0.05, 0) is 12.3 Å². The molecule has 0 radical (unpaired) electrons. The smallest absolute Gasteiger partial charge is 0.274 e. The molecular formula is C11H14FN3O4S. The summed E-state index contributed by atoms with van der Waals surface area (Å²) in [5.74, 6) is -1.01. The van der Waals surface area contributed by atoms with E-state index in [1.807, 2.05) is 6.92 Å². The Morgan fingerprint density at radius 3 is 2.60 bits per heavy atom. The summed E-state index contributed by atoms with van der Waals surface area (Å²) in [7, 11) is -4.06. The maximum atomic E-state index is 13.9. The van der Waals surface area contributed by atoms with E-state index in [9.17, 15) is 22.9 Å². The van der Waals surface area contributed by atoms with E-state index in [-0.39, 0.29) is 12.5 Å². The monoisotopic (exact) mass is 303 g/mol. The average Bonchev–Trinajstić information content (AvgIpc) is 2.75. The van der Waals surface area contributed by atoms with Crippen LogP contribution < -0.4 is 5.73 Å². The van der Waals surface area contributed by atoms with Crippen LogP contribution in [0, 0.1) is 21.8 Å². The van der Waals surface area contributed by atoms with Gasteiger partial charge in [0.1, 0.15) is 4.90 Å². The molecule has 1 atom stereocenters. The van der Waals surface area contributed by atoms with Crippen molar-refractivity contribution in [2.24, 2.45) is 5.92 Å². The highest BCUT2D eigenvalue weighted by Gasteiger charge is 2.35. The number of halogens is 1. The largest absolute Gasteiger partial charge is 0.397 e. The Hall–Kier alpha value is -1.74. The van der Waals surface area contributed by atoms with Crippen molar-refractivity contribution in [1.82, 2.24) is 4.31 Å². The number of benzene rings is 1. The van der Waals surface area contributed by atoms with Gasteiger partial charge < -0.3 is 5.73 Å². The first-order valence-corrected chi connectivity index (χ1v) is 7.41. The molecule has 1 aromatic rings. The summed E-state index contributed by atoms with van der Waals surface area (Å²) in [5, 5.41) is 10.6. The summed E-state index contributed by atoms with van der Waals surface area (Å²) >= 11 is 0. The predicted molar refractivity (Wildman–Crippen MR) is 70.0 cm³/mol. The molecule has 110 valence electrons. The lowest BCUT2D eigenvalue weighted by molar-refractivity contribution is -0.385.